The fourth-order valence-corrected chi connectivity index (χ4v) is 2.17. The van der Waals surface area contributed by atoms with Crippen LogP contribution in [-0.2, 0) is 11.3 Å². The molecule has 0 aliphatic carbocycles. The monoisotopic (exact) mass is 325 g/mol. The van der Waals surface area contributed by atoms with Crippen LogP contribution in [0.15, 0.2) is 42.5 Å². The summed E-state index contributed by atoms with van der Waals surface area (Å²) >= 11 is 0. The largest absolute Gasteiger partial charge is 0.457 e. The molecule has 122 valence electrons. The van der Waals surface area contributed by atoms with E-state index in [4.69, 9.17) is 10.00 Å². The number of benzene rings is 2. The van der Waals surface area contributed by atoms with E-state index in [0.717, 1.165) is 0 Å². The van der Waals surface area contributed by atoms with Crippen LogP contribution >= 0.6 is 0 Å². The Balaban J connectivity index is 2.27. The smallest absolute Gasteiger partial charge is 0.340 e. The maximum atomic E-state index is 12.4. The lowest BCUT2D eigenvalue weighted by Crippen LogP contribution is -2.16. The Hall–Kier alpha value is -3.40. The number of non-ortho nitro benzene ring substituents is 1. The van der Waals surface area contributed by atoms with E-state index in [2.05, 4.69) is 0 Å². The summed E-state index contributed by atoms with van der Waals surface area (Å²) in [4.78, 5) is 24.4. The molecular weight excluding hydrogens is 310 g/mol. The molecule has 2 aromatic rings. The molecule has 0 atom stereocenters. The molecule has 24 heavy (non-hydrogen) atoms. The van der Waals surface area contributed by atoms with Crippen molar-refractivity contribution in [2.45, 2.75) is 6.61 Å². The number of ether oxygens (including phenoxy) is 1. The van der Waals surface area contributed by atoms with Crippen LogP contribution in [0.5, 0.6) is 0 Å². The third-order valence-electron chi connectivity index (χ3n) is 3.39. The topological polar surface area (TPSA) is 96.5 Å². The van der Waals surface area contributed by atoms with Gasteiger partial charge in [0.15, 0.2) is 0 Å². The molecule has 2 rings (SSSR count). The van der Waals surface area contributed by atoms with Crippen molar-refractivity contribution in [1.29, 1.82) is 5.26 Å². The number of hydrogen-bond donors (Lipinski definition) is 0. The molecule has 0 unspecified atom stereocenters. The Bertz CT molecular complexity index is 825. The Morgan fingerprint density at radius 3 is 2.62 bits per heavy atom. The van der Waals surface area contributed by atoms with Crippen molar-refractivity contribution >= 4 is 17.3 Å². The first-order valence-corrected chi connectivity index (χ1v) is 7.05. The van der Waals surface area contributed by atoms with Gasteiger partial charge in [-0.2, -0.15) is 5.26 Å². The molecule has 0 fully saturated rings. The quantitative estimate of drug-likeness (QED) is 0.476. The van der Waals surface area contributed by atoms with Crippen LogP contribution < -0.4 is 4.90 Å². The number of carbonyl (C=O) groups excluding carboxylic acids is 1. The van der Waals surface area contributed by atoms with Gasteiger partial charge in [0.1, 0.15) is 6.61 Å². The lowest BCUT2D eigenvalue weighted by Gasteiger charge is -2.16. The van der Waals surface area contributed by atoms with Crippen LogP contribution in [0.1, 0.15) is 21.5 Å². The molecular formula is C17H15N3O4. The van der Waals surface area contributed by atoms with Gasteiger partial charge in [0.25, 0.3) is 5.69 Å². The first-order chi connectivity index (χ1) is 11.4. The SMILES string of the molecule is CN(C)c1ccc([N+](=O)[O-])cc1C(=O)OCc1ccccc1C#N. The molecule has 0 aliphatic heterocycles. The fourth-order valence-electron chi connectivity index (χ4n) is 2.17. The molecule has 0 aromatic heterocycles. The van der Waals surface area contributed by atoms with Gasteiger partial charge in [-0.1, -0.05) is 18.2 Å². The van der Waals surface area contributed by atoms with Crippen molar-refractivity contribution in [1.82, 2.24) is 0 Å². The number of nitriles is 1. The van der Waals surface area contributed by atoms with Crippen LogP contribution in [-0.4, -0.2) is 25.0 Å². The van der Waals surface area contributed by atoms with E-state index in [-0.39, 0.29) is 17.9 Å². The van der Waals surface area contributed by atoms with Gasteiger partial charge >= 0.3 is 5.97 Å². The third-order valence-corrected chi connectivity index (χ3v) is 3.39. The Morgan fingerprint density at radius 1 is 1.29 bits per heavy atom. The minimum Gasteiger partial charge on any atom is -0.457 e. The molecule has 0 heterocycles. The highest BCUT2D eigenvalue weighted by molar-refractivity contribution is 5.96. The second-order valence-electron chi connectivity index (χ2n) is 5.20. The van der Waals surface area contributed by atoms with E-state index in [1.165, 1.54) is 18.2 Å². The van der Waals surface area contributed by atoms with Crippen molar-refractivity contribution in [2.75, 3.05) is 19.0 Å². The van der Waals surface area contributed by atoms with E-state index < -0.39 is 10.9 Å². The molecule has 0 radical (unpaired) electrons. The number of hydrogen-bond acceptors (Lipinski definition) is 6. The summed E-state index contributed by atoms with van der Waals surface area (Å²) in [5.41, 5.74) is 1.41. The van der Waals surface area contributed by atoms with Gasteiger partial charge in [-0.25, -0.2) is 4.79 Å². The molecule has 0 spiro atoms. The zero-order valence-corrected chi connectivity index (χ0v) is 13.2. The molecule has 0 amide bonds. The predicted molar refractivity (Wildman–Crippen MR) is 87.7 cm³/mol. The van der Waals surface area contributed by atoms with Crippen molar-refractivity contribution < 1.29 is 14.5 Å². The lowest BCUT2D eigenvalue weighted by molar-refractivity contribution is -0.384. The number of anilines is 1. The summed E-state index contributed by atoms with van der Waals surface area (Å²) in [6.07, 6.45) is 0. The van der Waals surface area contributed by atoms with Crippen LogP contribution in [0, 0.1) is 21.4 Å². The number of nitro groups is 1. The fraction of sp³-hybridized carbons (Fsp3) is 0.176. The normalized spacial score (nSPS) is 9.88. The molecule has 7 nitrogen and oxygen atoms in total. The average molecular weight is 325 g/mol. The number of esters is 1. The average Bonchev–Trinajstić information content (AvgIpc) is 2.59. The highest BCUT2D eigenvalue weighted by Crippen LogP contribution is 2.25. The summed E-state index contributed by atoms with van der Waals surface area (Å²) in [6, 6.07) is 12.8. The summed E-state index contributed by atoms with van der Waals surface area (Å²) < 4.78 is 5.24. The van der Waals surface area contributed by atoms with E-state index >= 15 is 0 Å². The maximum Gasteiger partial charge on any atom is 0.340 e. The minimum absolute atomic E-state index is 0.0852. The van der Waals surface area contributed by atoms with Crippen LogP contribution in [0.2, 0.25) is 0 Å². The Morgan fingerprint density at radius 2 is 2.00 bits per heavy atom. The second kappa shape index (κ2) is 7.24. The van der Waals surface area contributed by atoms with E-state index in [1.807, 2.05) is 6.07 Å². The molecule has 2 aromatic carbocycles. The van der Waals surface area contributed by atoms with Crippen molar-refractivity contribution in [3.63, 3.8) is 0 Å². The highest BCUT2D eigenvalue weighted by atomic mass is 16.6. The maximum absolute atomic E-state index is 12.4. The third kappa shape index (κ3) is 3.67. The summed E-state index contributed by atoms with van der Waals surface area (Å²) in [5, 5.41) is 20.0. The zero-order valence-electron chi connectivity index (χ0n) is 13.2. The van der Waals surface area contributed by atoms with E-state index in [0.29, 0.717) is 16.8 Å². The standard InChI is InChI=1S/C17H15N3O4/c1-19(2)16-8-7-14(20(22)23)9-15(16)17(21)24-11-13-6-4-3-5-12(13)10-18/h3-9H,11H2,1-2H3. The van der Waals surface area contributed by atoms with E-state index in [9.17, 15) is 14.9 Å². The Labute approximate surface area is 138 Å². The number of nitro benzene ring substituents is 1. The summed E-state index contributed by atoms with van der Waals surface area (Å²) in [5.74, 6) is -0.685. The van der Waals surface area contributed by atoms with Crippen LogP contribution in [0.4, 0.5) is 11.4 Å². The van der Waals surface area contributed by atoms with Crippen molar-refractivity contribution in [3.05, 3.63) is 69.3 Å². The van der Waals surface area contributed by atoms with Gasteiger partial charge in [0, 0.05) is 31.8 Å². The number of carbonyl (C=O) groups is 1. The minimum atomic E-state index is -0.685. The number of rotatable bonds is 5. The van der Waals surface area contributed by atoms with Crippen molar-refractivity contribution in [2.24, 2.45) is 0 Å². The van der Waals surface area contributed by atoms with Gasteiger partial charge in [-0.15, -0.1) is 0 Å². The second-order valence-corrected chi connectivity index (χ2v) is 5.20. The predicted octanol–water partition coefficient (Wildman–Crippen LogP) is 2.89. The molecule has 0 saturated heterocycles. The molecule has 0 aliphatic rings. The van der Waals surface area contributed by atoms with E-state index in [1.54, 1.807) is 43.3 Å². The van der Waals surface area contributed by atoms with Gasteiger partial charge in [-0.05, 0) is 12.1 Å². The van der Waals surface area contributed by atoms with Gasteiger partial charge in [0.2, 0.25) is 0 Å². The first kappa shape index (κ1) is 17.0. The van der Waals surface area contributed by atoms with Crippen LogP contribution in [0.25, 0.3) is 0 Å². The number of nitrogens with zero attached hydrogens (tertiary/aromatic N) is 3. The van der Waals surface area contributed by atoms with Crippen molar-refractivity contribution in [3.8, 4) is 6.07 Å². The summed E-state index contributed by atoms with van der Waals surface area (Å²) in [6.45, 7) is -0.0852. The molecule has 0 N–H and O–H groups in total. The zero-order chi connectivity index (χ0) is 17.7. The van der Waals surface area contributed by atoms with Gasteiger partial charge in [0.05, 0.1) is 27.8 Å². The molecule has 0 saturated carbocycles. The van der Waals surface area contributed by atoms with Gasteiger partial charge in [-0.3, -0.25) is 10.1 Å². The van der Waals surface area contributed by atoms with Gasteiger partial charge < -0.3 is 9.64 Å². The molecule has 7 heteroatoms. The Kier molecular flexibility index (Phi) is 5.12. The highest BCUT2D eigenvalue weighted by Gasteiger charge is 2.19. The summed E-state index contributed by atoms with van der Waals surface area (Å²) in [7, 11) is 3.45. The first-order valence-electron chi connectivity index (χ1n) is 7.05. The molecule has 0 bridgehead atoms. The lowest BCUT2D eigenvalue weighted by atomic mass is 10.1. The van der Waals surface area contributed by atoms with Crippen LogP contribution in [0.3, 0.4) is 0 Å².